The molecule has 3 nitrogen and oxygen atoms in total. The van der Waals surface area contributed by atoms with Crippen LogP contribution < -0.4 is 4.90 Å². The van der Waals surface area contributed by atoms with Gasteiger partial charge in [0.05, 0.1) is 12.0 Å². The molecule has 0 spiro atoms. The summed E-state index contributed by atoms with van der Waals surface area (Å²) in [5, 5.41) is 0. The molecular formula is C14H21ClN2O. The highest BCUT2D eigenvalue weighted by molar-refractivity contribution is 6.17. The van der Waals surface area contributed by atoms with E-state index >= 15 is 0 Å². The molecule has 0 amide bonds. The number of anilines is 1. The molecule has 0 radical (unpaired) electrons. The highest BCUT2D eigenvalue weighted by Crippen LogP contribution is 2.26. The molecule has 0 saturated carbocycles. The van der Waals surface area contributed by atoms with Crippen LogP contribution in [-0.4, -0.2) is 30.8 Å². The number of piperidine rings is 1. The third kappa shape index (κ3) is 3.15. The normalized spacial score (nSPS) is 20.2. The molecule has 4 heteroatoms. The molecule has 1 unspecified atom stereocenters. The van der Waals surface area contributed by atoms with E-state index in [1.807, 2.05) is 13.1 Å². The Hall–Kier alpha value is -0.800. The van der Waals surface area contributed by atoms with E-state index in [0.29, 0.717) is 12.0 Å². The molecule has 0 N–H and O–H groups in total. The number of pyridine rings is 1. The van der Waals surface area contributed by atoms with Crippen molar-refractivity contribution < 1.29 is 4.74 Å². The first-order chi connectivity index (χ1) is 8.74. The van der Waals surface area contributed by atoms with Crippen LogP contribution in [0.25, 0.3) is 0 Å². The first kappa shape index (κ1) is 13.6. The number of alkyl halides is 1. The van der Waals surface area contributed by atoms with Crippen LogP contribution in [0.4, 0.5) is 5.69 Å². The number of hydrogen-bond donors (Lipinski definition) is 0. The summed E-state index contributed by atoms with van der Waals surface area (Å²) in [4.78, 5) is 6.70. The molecule has 1 fully saturated rings. The lowest BCUT2D eigenvalue weighted by atomic mass is 10.1. The van der Waals surface area contributed by atoms with Crippen molar-refractivity contribution in [3.63, 3.8) is 0 Å². The predicted molar refractivity (Wildman–Crippen MR) is 75.4 cm³/mol. The number of ether oxygens (including phenoxy) is 1. The maximum absolute atomic E-state index is 6.00. The third-order valence-electron chi connectivity index (χ3n) is 3.36. The largest absolute Gasteiger partial charge is 0.377 e. The van der Waals surface area contributed by atoms with Gasteiger partial charge in [0.2, 0.25) is 0 Å². The van der Waals surface area contributed by atoms with Gasteiger partial charge in [-0.15, -0.1) is 11.6 Å². The Balaban J connectivity index is 2.17. The molecule has 1 aliphatic heterocycles. The van der Waals surface area contributed by atoms with Crippen molar-refractivity contribution in [1.29, 1.82) is 0 Å². The Morgan fingerprint density at radius 1 is 1.56 bits per heavy atom. The molecule has 0 bridgehead atoms. The first-order valence-corrected chi connectivity index (χ1v) is 7.16. The van der Waals surface area contributed by atoms with Crippen molar-refractivity contribution >= 4 is 17.3 Å². The minimum atomic E-state index is 0.348. The Morgan fingerprint density at radius 3 is 3.11 bits per heavy atom. The molecule has 1 aromatic heterocycles. The second kappa shape index (κ2) is 6.39. The van der Waals surface area contributed by atoms with Gasteiger partial charge in [0.15, 0.2) is 0 Å². The van der Waals surface area contributed by atoms with Crippen LogP contribution in [0.1, 0.15) is 31.0 Å². The van der Waals surface area contributed by atoms with Crippen LogP contribution in [0, 0.1) is 6.92 Å². The minimum absolute atomic E-state index is 0.348. The molecule has 0 aromatic carbocycles. The van der Waals surface area contributed by atoms with E-state index in [1.54, 1.807) is 0 Å². The second-order valence-electron chi connectivity index (χ2n) is 4.75. The van der Waals surface area contributed by atoms with E-state index in [-0.39, 0.29) is 0 Å². The summed E-state index contributed by atoms with van der Waals surface area (Å²) in [5.74, 6) is 0.512. The summed E-state index contributed by atoms with van der Waals surface area (Å²) >= 11 is 6.00. The van der Waals surface area contributed by atoms with Crippen molar-refractivity contribution in [3.8, 4) is 0 Å². The predicted octanol–water partition coefficient (Wildman–Crippen LogP) is 3.13. The van der Waals surface area contributed by atoms with Crippen molar-refractivity contribution in [2.24, 2.45) is 0 Å². The lowest BCUT2D eigenvalue weighted by Gasteiger charge is -2.35. The fourth-order valence-electron chi connectivity index (χ4n) is 2.50. The molecule has 1 aliphatic rings. The summed E-state index contributed by atoms with van der Waals surface area (Å²) in [5.41, 5.74) is 3.37. The van der Waals surface area contributed by atoms with Gasteiger partial charge in [0, 0.05) is 42.8 Å². The summed E-state index contributed by atoms with van der Waals surface area (Å²) in [6.45, 7) is 6.90. The number of aryl methyl sites for hydroxylation is 1. The van der Waals surface area contributed by atoms with E-state index in [0.717, 1.165) is 37.4 Å². The van der Waals surface area contributed by atoms with Crippen LogP contribution in [0.3, 0.4) is 0 Å². The monoisotopic (exact) mass is 268 g/mol. The molecular weight excluding hydrogens is 248 g/mol. The topological polar surface area (TPSA) is 25.4 Å². The zero-order valence-corrected chi connectivity index (χ0v) is 11.9. The number of halogens is 1. The van der Waals surface area contributed by atoms with Crippen molar-refractivity contribution in [2.75, 3.05) is 24.6 Å². The number of nitrogens with zero attached hydrogens (tertiary/aromatic N) is 2. The Kier molecular flexibility index (Phi) is 4.84. The van der Waals surface area contributed by atoms with Crippen LogP contribution in [0.2, 0.25) is 0 Å². The molecule has 2 rings (SSSR count). The lowest BCUT2D eigenvalue weighted by molar-refractivity contribution is 0.0526. The maximum Gasteiger partial charge on any atom is 0.0750 e. The second-order valence-corrected chi connectivity index (χ2v) is 5.02. The smallest absolute Gasteiger partial charge is 0.0750 e. The van der Waals surface area contributed by atoms with Gasteiger partial charge in [-0.1, -0.05) is 0 Å². The first-order valence-electron chi connectivity index (χ1n) is 6.62. The molecule has 100 valence electrons. The zero-order chi connectivity index (χ0) is 13.0. The van der Waals surface area contributed by atoms with E-state index < -0.39 is 0 Å². The van der Waals surface area contributed by atoms with Gasteiger partial charge in [-0.05, 0) is 32.8 Å². The summed E-state index contributed by atoms with van der Waals surface area (Å²) in [6, 6.07) is 2.13. The SMILES string of the molecule is CCOC1CCCN(c2cc(C)ncc2CCl)C1. The van der Waals surface area contributed by atoms with E-state index in [2.05, 4.69) is 22.9 Å². The van der Waals surface area contributed by atoms with Crippen molar-refractivity contribution in [2.45, 2.75) is 38.7 Å². The average molecular weight is 269 g/mol. The van der Waals surface area contributed by atoms with Gasteiger partial charge in [0.25, 0.3) is 0 Å². The molecule has 18 heavy (non-hydrogen) atoms. The van der Waals surface area contributed by atoms with Crippen LogP contribution in [-0.2, 0) is 10.6 Å². The van der Waals surface area contributed by atoms with Gasteiger partial charge in [-0.25, -0.2) is 0 Å². The zero-order valence-electron chi connectivity index (χ0n) is 11.2. The lowest BCUT2D eigenvalue weighted by Crippen LogP contribution is -2.40. The standard InChI is InChI=1S/C14H21ClN2O/c1-3-18-13-5-4-6-17(10-13)14-7-11(2)16-9-12(14)8-15/h7,9,13H,3-6,8,10H2,1-2H3. The average Bonchev–Trinajstić information content (AvgIpc) is 2.39. The number of aromatic nitrogens is 1. The van der Waals surface area contributed by atoms with Gasteiger partial charge in [-0.3, -0.25) is 4.98 Å². The van der Waals surface area contributed by atoms with Crippen molar-refractivity contribution in [1.82, 2.24) is 4.98 Å². The Bertz CT molecular complexity index is 395. The molecule has 0 aliphatic carbocycles. The van der Waals surface area contributed by atoms with Crippen molar-refractivity contribution in [3.05, 3.63) is 23.5 Å². The van der Waals surface area contributed by atoms with Gasteiger partial charge < -0.3 is 9.64 Å². The minimum Gasteiger partial charge on any atom is -0.377 e. The molecule has 1 saturated heterocycles. The Morgan fingerprint density at radius 2 is 2.39 bits per heavy atom. The van der Waals surface area contributed by atoms with E-state index in [4.69, 9.17) is 16.3 Å². The highest BCUT2D eigenvalue weighted by Gasteiger charge is 2.22. The number of rotatable bonds is 4. The van der Waals surface area contributed by atoms with Gasteiger partial charge in [-0.2, -0.15) is 0 Å². The quantitative estimate of drug-likeness (QED) is 0.785. The molecule has 1 atom stereocenters. The fraction of sp³-hybridized carbons (Fsp3) is 0.643. The highest BCUT2D eigenvalue weighted by atomic mass is 35.5. The van der Waals surface area contributed by atoms with Crippen LogP contribution >= 0.6 is 11.6 Å². The van der Waals surface area contributed by atoms with Crippen LogP contribution in [0.5, 0.6) is 0 Å². The summed E-state index contributed by atoms with van der Waals surface area (Å²) in [7, 11) is 0. The van der Waals surface area contributed by atoms with Gasteiger partial charge in [0.1, 0.15) is 0 Å². The van der Waals surface area contributed by atoms with Crippen LogP contribution in [0.15, 0.2) is 12.3 Å². The van der Waals surface area contributed by atoms with E-state index in [9.17, 15) is 0 Å². The van der Waals surface area contributed by atoms with E-state index in [1.165, 1.54) is 12.1 Å². The molecule has 1 aromatic rings. The fourth-order valence-corrected chi connectivity index (χ4v) is 2.71. The Labute approximate surface area is 114 Å². The maximum atomic E-state index is 6.00. The summed E-state index contributed by atoms with van der Waals surface area (Å²) < 4.78 is 5.75. The summed E-state index contributed by atoms with van der Waals surface area (Å²) in [6.07, 6.45) is 4.57. The molecule has 2 heterocycles. The van der Waals surface area contributed by atoms with Gasteiger partial charge >= 0.3 is 0 Å². The third-order valence-corrected chi connectivity index (χ3v) is 3.65. The number of hydrogen-bond acceptors (Lipinski definition) is 3.